The molecular weight excluding hydrogens is 411 g/mol. The van der Waals surface area contributed by atoms with Gasteiger partial charge >= 0.3 is 10.2 Å². The number of amides is 1. The lowest BCUT2D eigenvalue weighted by atomic mass is 9.54. The largest absolute Gasteiger partial charge is 0.337 e. The minimum atomic E-state index is -4.02. The third-order valence-corrected chi connectivity index (χ3v) is 8.14. The van der Waals surface area contributed by atoms with Crippen LogP contribution in [0.4, 0.5) is 4.39 Å². The summed E-state index contributed by atoms with van der Waals surface area (Å²) in [6, 6.07) is 2.54. The third kappa shape index (κ3) is 3.83. The molecule has 4 bridgehead atoms. The molecule has 1 amide bonds. The average molecular weight is 439 g/mol. The lowest BCUT2D eigenvalue weighted by molar-refractivity contribution is -0.329. The van der Waals surface area contributed by atoms with E-state index in [4.69, 9.17) is 9.78 Å². The van der Waals surface area contributed by atoms with Gasteiger partial charge in [0.1, 0.15) is 11.4 Å². The van der Waals surface area contributed by atoms with Gasteiger partial charge in [0.05, 0.1) is 5.56 Å². The first-order valence-electron chi connectivity index (χ1n) is 10.7. The van der Waals surface area contributed by atoms with Crippen molar-refractivity contribution in [2.45, 2.75) is 62.9 Å². The van der Waals surface area contributed by atoms with Gasteiger partial charge in [0.15, 0.2) is 5.75 Å². The van der Waals surface area contributed by atoms with Gasteiger partial charge in [0, 0.05) is 18.7 Å². The number of benzene rings is 1. The topological polar surface area (TPSA) is 93.7 Å². The molecule has 2 N–H and O–H groups in total. The normalized spacial score (nSPS) is 32.3. The van der Waals surface area contributed by atoms with Crippen LogP contribution in [0.5, 0.6) is 5.75 Å². The molecule has 0 unspecified atom stereocenters. The summed E-state index contributed by atoms with van der Waals surface area (Å²) in [4.78, 5) is 24.1. The average Bonchev–Trinajstić information content (AvgIpc) is 3.50. The highest BCUT2D eigenvalue weighted by Crippen LogP contribution is 2.57. The Labute approximate surface area is 175 Å². The van der Waals surface area contributed by atoms with Crippen molar-refractivity contribution in [3.63, 3.8) is 0 Å². The highest BCUT2D eigenvalue weighted by Gasteiger charge is 2.53. The zero-order valence-corrected chi connectivity index (χ0v) is 17.8. The van der Waals surface area contributed by atoms with Gasteiger partial charge in [-0.05, 0) is 81.1 Å². The zero-order chi connectivity index (χ0) is 21.1. The first-order chi connectivity index (χ1) is 14.3. The highest BCUT2D eigenvalue weighted by atomic mass is 32.2. The van der Waals surface area contributed by atoms with Crippen LogP contribution in [-0.2, 0) is 15.1 Å². The second kappa shape index (κ2) is 7.17. The van der Waals surface area contributed by atoms with E-state index >= 15 is 0 Å². The molecule has 7 nitrogen and oxygen atoms in total. The summed E-state index contributed by atoms with van der Waals surface area (Å²) in [5.74, 6) is 0.676. The number of hydrogen-bond donors (Lipinski definition) is 2. The molecular formula is C21H27FN2O5S. The number of rotatable bonds is 7. The third-order valence-electron chi connectivity index (χ3n) is 7.15. The minimum Gasteiger partial charge on any atom is -0.337 e. The fourth-order valence-electron chi connectivity index (χ4n) is 6.03. The molecule has 1 aromatic carbocycles. The second-order valence-electron chi connectivity index (χ2n) is 9.55. The van der Waals surface area contributed by atoms with E-state index < -0.39 is 21.9 Å². The first kappa shape index (κ1) is 20.2. The SMILES string of the molecule is CNS(=O)(=O)NC(=O)c1cc(C2CC2)c(OOC23CC4CC(CC(C4)C2)C3)cc1F. The molecule has 5 fully saturated rings. The van der Waals surface area contributed by atoms with Crippen LogP contribution >= 0.6 is 0 Å². The Morgan fingerprint density at radius 2 is 1.70 bits per heavy atom. The Morgan fingerprint density at radius 1 is 1.10 bits per heavy atom. The summed E-state index contributed by atoms with van der Waals surface area (Å²) in [5, 5.41) is 0. The molecule has 5 aliphatic carbocycles. The maximum Gasteiger partial charge on any atom is 0.301 e. The predicted octanol–water partition coefficient (Wildman–Crippen LogP) is 3.18. The first-order valence-corrected chi connectivity index (χ1v) is 12.2. The van der Waals surface area contributed by atoms with Crippen molar-refractivity contribution < 1.29 is 27.4 Å². The van der Waals surface area contributed by atoms with E-state index in [1.165, 1.54) is 32.4 Å². The van der Waals surface area contributed by atoms with Gasteiger partial charge < -0.3 is 4.89 Å². The van der Waals surface area contributed by atoms with Crippen LogP contribution in [0.2, 0.25) is 0 Å². The fraction of sp³-hybridized carbons (Fsp3) is 0.667. The molecule has 164 valence electrons. The van der Waals surface area contributed by atoms with Crippen LogP contribution in [0.25, 0.3) is 0 Å². The molecule has 5 aliphatic rings. The van der Waals surface area contributed by atoms with E-state index in [-0.39, 0.29) is 17.1 Å². The van der Waals surface area contributed by atoms with Crippen molar-refractivity contribution >= 4 is 16.1 Å². The van der Waals surface area contributed by atoms with Gasteiger partial charge in [-0.15, -0.1) is 0 Å². The Morgan fingerprint density at radius 3 is 2.23 bits per heavy atom. The van der Waals surface area contributed by atoms with Crippen molar-refractivity contribution in [3.8, 4) is 5.75 Å². The predicted molar refractivity (Wildman–Crippen MR) is 106 cm³/mol. The van der Waals surface area contributed by atoms with Crippen molar-refractivity contribution in [1.29, 1.82) is 0 Å². The van der Waals surface area contributed by atoms with E-state index in [0.717, 1.165) is 38.2 Å². The number of carbonyl (C=O) groups excluding carboxylic acids is 1. The molecule has 0 radical (unpaired) electrons. The van der Waals surface area contributed by atoms with Crippen molar-refractivity contribution in [2.75, 3.05) is 7.05 Å². The summed E-state index contributed by atoms with van der Waals surface area (Å²) in [6.45, 7) is 0. The van der Waals surface area contributed by atoms with Crippen molar-refractivity contribution in [1.82, 2.24) is 9.44 Å². The molecule has 0 saturated heterocycles. The summed E-state index contributed by atoms with van der Waals surface area (Å²) < 4.78 is 41.7. The molecule has 1 aromatic rings. The Bertz CT molecular complexity index is 941. The number of hydrogen-bond acceptors (Lipinski definition) is 5. The molecule has 30 heavy (non-hydrogen) atoms. The van der Waals surface area contributed by atoms with Crippen molar-refractivity contribution in [3.05, 3.63) is 29.1 Å². The van der Waals surface area contributed by atoms with Crippen LogP contribution in [0.1, 0.15) is 73.2 Å². The van der Waals surface area contributed by atoms with Gasteiger partial charge in [0.25, 0.3) is 5.91 Å². The smallest absolute Gasteiger partial charge is 0.301 e. The molecule has 0 atom stereocenters. The van der Waals surface area contributed by atoms with E-state index in [1.54, 1.807) is 4.72 Å². The summed E-state index contributed by atoms with van der Waals surface area (Å²) >= 11 is 0. The van der Waals surface area contributed by atoms with Gasteiger partial charge in [-0.25, -0.2) is 13.8 Å². The standard InChI is InChI=1S/C21H27FN2O5S/c1-23-30(26,27)24-20(25)17-7-16(15-2-3-15)19(8-18(17)22)28-29-21-9-12-4-13(10-21)6-14(5-12)11-21/h7-8,12-15,23H,2-6,9-11H2,1H3,(H,24,25). The number of nitrogens with one attached hydrogen (secondary N) is 2. The van der Waals surface area contributed by atoms with Gasteiger partial charge in [-0.2, -0.15) is 13.3 Å². The van der Waals surface area contributed by atoms with E-state index in [0.29, 0.717) is 29.1 Å². The minimum absolute atomic E-state index is 0.160. The molecule has 0 aromatic heterocycles. The molecule has 6 rings (SSSR count). The van der Waals surface area contributed by atoms with Gasteiger partial charge in [-0.1, -0.05) is 0 Å². The zero-order valence-electron chi connectivity index (χ0n) is 16.9. The van der Waals surface area contributed by atoms with Crippen LogP contribution < -0.4 is 14.3 Å². The van der Waals surface area contributed by atoms with Crippen LogP contribution in [0, 0.1) is 23.6 Å². The number of halogens is 1. The lowest BCUT2D eigenvalue weighted by Crippen LogP contribution is -2.52. The maximum absolute atomic E-state index is 14.7. The summed E-state index contributed by atoms with van der Waals surface area (Å²) in [6.07, 6.45) is 8.63. The Balaban J connectivity index is 1.37. The van der Waals surface area contributed by atoms with Crippen LogP contribution in [0.3, 0.4) is 0 Å². The lowest BCUT2D eigenvalue weighted by Gasteiger charge is -2.54. The van der Waals surface area contributed by atoms with E-state index in [9.17, 15) is 17.6 Å². The number of carbonyl (C=O) groups is 1. The summed E-state index contributed by atoms with van der Waals surface area (Å²) in [5.41, 5.74) is 0.0780. The molecule has 0 heterocycles. The van der Waals surface area contributed by atoms with Gasteiger partial charge in [0.2, 0.25) is 0 Å². The van der Waals surface area contributed by atoms with Gasteiger partial charge in [-0.3, -0.25) is 4.79 Å². The van der Waals surface area contributed by atoms with E-state index in [2.05, 4.69) is 0 Å². The quantitative estimate of drug-likeness (QED) is 0.504. The van der Waals surface area contributed by atoms with Crippen LogP contribution in [-0.4, -0.2) is 27.0 Å². The molecule has 5 saturated carbocycles. The highest BCUT2D eigenvalue weighted by molar-refractivity contribution is 7.88. The van der Waals surface area contributed by atoms with E-state index in [1.807, 2.05) is 4.72 Å². The molecule has 9 heteroatoms. The Hall–Kier alpha value is -1.71. The fourth-order valence-corrected chi connectivity index (χ4v) is 6.48. The van der Waals surface area contributed by atoms with Crippen molar-refractivity contribution in [2.24, 2.45) is 17.8 Å². The maximum atomic E-state index is 14.7. The second-order valence-corrected chi connectivity index (χ2v) is 11.2. The Kier molecular flexibility index (Phi) is 4.83. The molecule has 0 spiro atoms. The summed E-state index contributed by atoms with van der Waals surface area (Å²) in [7, 11) is -2.85. The monoisotopic (exact) mass is 438 g/mol. The molecule has 0 aliphatic heterocycles. The van der Waals surface area contributed by atoms with Crippen LogP contribution in [0.15, 0.2) is 12.1 Å².